The van der Waals surface area contributed by atoms with Crippen molar-refractivity contribution >= 4 is 6.03 Å². The van der Waals surface area contributed by atoms with Crippen molar-refractivity contribution in [3.05, 3.63) is 59.4 Å². The standard InChI is InChI=1S/C19H23N3O2/c23-19(22-14-17-7-3-4-10-20-17)21-11-12-24-18-9-8-15-5-1-2-6-16(15)13-18/h3-4,7-10,13H,1-2,5-6,11-12,14H2,(H2,21,22,23). The molecule has 0 fully saturated rings. The highest BCUT2D eigenvalue weighted by Crippen LogP contribution is 2.25. The molecule has 0 radical (unpaired) electrons. The predicted molar refractivity (Wildman–Crippen MR) is 93.1 cm³/mol. The van der Waals surface area contributed by atoms with E-state index in [1.165, 1.54) is 30.4 Å². The van der Waals surface area contributed by atoms with Crippen LogP contribution in [0, 0.1) is 0 Å². The van der Waals surface area contributed by atoms with Crippen molar-refractivity contribution in [3.8, 4) is 5.75 Å². The van der Waals surface area contributed by atoms with E-state index in [0.717, 1.165) is 17.9 Å². The fourth-order valence-electron chi connectivity index (χ4n) is 2.87. The molecule has 1 aliphatic rings. The minimum absolute atomic E-state index is 0.213. The van der Waals surface area contributed by atoms with E-state index in [-0.39, 0.29) is 6.03 Å². The number of amides is 2. The van der Waals surface area contributed by atoms with Gasteiger partial charge in [0.05, 0.1) is 18.8 Å². The smallest absolute Gasteiger partial charge is 0.315 e. The lowest BCUT2D eigenvalue weighted by atomic mass is 9.92. The van der Waals surface area contributed by atoms with Gasteiger partial charge in [0.15, 0.2) is 0 Å². The monoisotopic (exact) mass is 325 g/mol. The third-order valence-corrected chi connectivity index (χ3v) is 4.13. The number of pyridine rings is 1. The lowest BCUT2D eigenvalue weighted by Crippen LogP contribution is -2.37. The van der Waals surface area contributed by atoms with Crippen LogP contribution < -0.4 is 15.4 Å². The molecular weight excluding hydrogens is 302 g/mol. The zero-order valence-electron chi connectivity index (χ0n) is 13.8. The number of benzene rings is 1. The van der Waals surface area contributed by atoms with Crippen molar-refractivity contribution in [1.29, 1.82) is 0 Å². The Morgan fingerprint density at radius 1 is 1.08 bits per heavy atom. The molecule has 0 spiro atoms. The van der Waals surface area contributed by atoms with E-state index >= 15 is 0 Å². The SMILES string of the molecule is O=C(NCCOc1ccc2c(c1)CCCC2)NCc1ccccn1. The maximum atomic E-state index is 11.7. The van der Waals surface area contributed by atoms with E-state index in [9.17, 15) is 4.79 Å². The van der Waals surface area contributed by atoms with Crippen LogP contribution >= 0.6 is 0 Å². The van der Waals surface area contributed by atoms with Crippen LogP contribution in [0.2, 0.25) is 0 Å². The number of nitrogens with zero attached hydrogens (tertiary/aromatic N) is 1. The van der Waals surface area contributed by atoms with E-state index < -0.39 is 0 Å². The number of hydrogen-bond acceptors (Lipinski definition) is 3. The molecule has 2 N–H and O–H groups in total. The highest BCUT2D eigenvalue weighted by Gasteiger charge is 2.09. The Kier molecular flexibility index (Phi) is 5.66. The maximum Gasteiger partial charge on any atom is 0.315 e. The van der Waals surface area contributed by atoms with Crippen LogP contribution in [0.15, 0.2) is 42.6 Å². The van der Waals surface area contributed by atoms with Gasteiger partial charge in [0.1, 0.15) is 12.4 Å². The first-order valence-corrected chi connectivity index (χ1v) is 8.47. The number of rotatable bonds is 6. The third-order valence-electron chi connectivity index (χ3n) is 4.13. The molecule has 0 bridgehead atoms. The summed E-state index contributed by atoms with van der Waals surface area (Å²) in [5, 5.41) is 5.55. The number of hydrogen-bond donors (Lipinski definition) is 2. The van der Waals surface area contributed by atoms with Gasteiger partial charge in [0, 0.05) is 6.20 Å². The summed E-state index contributed by atoms with van der Waals surface area (Å²) in [7, 11) is 0. The molecule has 1 heterocycles. The summed E-state index contributed by atoms with van der Waals surface area (Å²) in [6.45, 7) is 1.33. The number of ether oxygens (including phenoxy) is 1. The Balaban J connectivity index is 1.35. The summed E-state index contributed by atoms with van der Waals surface area (Å²) < 4.78 is 5.73. The minimum atomic E-state index is -0.213. The second kappa shape index (κ2) is 8.34. The fraction of sp³-hybridized carbons (Fsp3) is 0.368. The summed E-state index contributed by atoms with van der Waals surface area (Å²) in [4.78, 5) is 15.9. The Morgan fingerprint density at radius 3 is 2.79 bits per heavy atom. The van der Waals surface area contributed by atoms with E-state index in [2.05, 4.69) is 27.8 Å². The quantitative estimate of drug-likeness (QED) is 0.803. The van der Waals surface area contributed by atoms with Crippen molar-refractivity contribution in [2.45, 2.75) is 32.2 Å². The first-order chi connectivity index (χ1) is 11.8. The molecule has 0 saturated carbocycles. The van der Waals surface area contributed by atoms with Crippen molar-refractivity contribution in [1.82, 2.24) is 15.6 Å². The molecule has 1 aromatic heterocycles. The van der Waals surface area contributed by atoms with Gasteiger partial charge >= 0.3 is 6.03 Å². The number of nitrogens with one attached hydrogen (secondary N) is 2. The molecule has 5 heteroatoms. The fourth-order valence-corrected chi connectivity index (χ4v) is 2.87. The lowest BCUT2D eigenvalue weighted by molar-refractivity contribution is 0.236. The second-order valence-corrected chi connectivity index (χ2v) is 5.92. The summed E-state index contributed by atoms with van der Waals surface area (Å²) in [6, 6.07) is 11.7. The van der Waals surface area contributed by atoms with E-state index in [1.54, 1.807) is 6.20 Å². The second-order valence-electron chi connectivity index (χ2n) is 5.92. The number of aromatic nitrogens is 1. The third kappa shape index (κ3) is 4.72. The van der Waals surface area contributed by atoms with Gasteiger partial charge in [-0.2, -0.15) is 0 Å². The molecule has 5 nitrogen and oxygen atoms in total. The average molecular weight is 325 g/mol. The average Bonchev–Trinajstić information content (AvgIpc) is 2.64. The molecule has 0 aliphatic heterocycles. The first kappa shape index (κ1) is 16.3. The van der Waals surface area contributed by atoms with Gasteiger partial charge in [-0.05, 0) is 61.1 Å². The topological polar surface area (TPSA) is 63.2 Å². The van der Waals surface area contributed by atoms with Crippen molar-refractivity contribution in [2.24, 2.45) is 0 Å². The summed E-state index contributed by atoms with van der Waals surface area (Å²) in [5.41, 5.74) is 3.68. The normalized spacial score (nSPS) is 13.0. The van der Waals surface area contributed by atoms with Crippen LogP contribution in [0.25, 0.3) is 0 Å². The van der Waals surface area contributed by atoms with Gasteiger partial charge in [-0.3, -0.25) is 4.98 Å². The summed E-state index contributed by atoms with van der Waals surface area (Å²) in [6.07, 6.45) is 6.56. The number of fused-ring (bicyclic) bond motifs is 1. The molecule has 2 amide bonds. The molecule has 0 unspecified atom stereocenters. The van der Waals surface area contributed by atoms with Gasteiger partial charge in [-0.1, -0.05) is 12.1 Å². The van der Waals surface area contributed by atoms with E-state index in [1.807, 2.05) is 24.3 Å². The number of carbonyl (C=O) groups is 1. The molecule has 0 atom stereocenters. The van der Waals surface area contributed by atoms with Gasteiger partial charge < -0.3 is 15.4 Å². The highest BCUT2D eigenvalue weighted by atomic mass is 16.5. The van der Waals surface area contributed by atoms with Gasteiger partial charge in [0.2, 0.25) is 0 Å². The lowest BCUT2D eigenvalue weighted by Gasteiger charge is -2.17. The predicted octanol–water partition coefficient (Wildman–Crippen LogP) is 2.84. The van der Waals surface area contributed by atoms with Crippen LogP contribution in [0.1, 0.15) is 29.7 Å². The van der Waals surface area contributed by atoms with E-state index in [4.69, 9.17) is 4.74 Å². The van der Waals surface area contributed by atoms with Crippen molar-refractivity contribution in [3.63, 3.8) is 0 Å². The van der Waals surface area contributed by atoms with Crippen LogP contribution in [-0.4, -0.2) is 24.2 Å². The molecule has 2 aromatic rings. The van der Waals surface area contributed by atoms with Crippen LogP contribution in [-0.2, 0) is 19.4 Å². The zero-order valence-corrected chi connectivity index (χ0v) is 13.8. The Labute approximate surface area is 142 Å². The van der Waals surface area contributed by atoms with Crippen molar-refractivity contribution in [2.75, 3.05) is 13.2 Å². The van der Waals surface area contributed by atoms with Gasteiger partial charge in [0.25, 0.3) is 0 Å². The molecule has 126 valence electrons. The van der Waals surface area contributed by atoms with Crippen LogP contribution in [0.3, 0.4) is 0 Å². The summed E-state index contributed by atoms with van der Waals surface area (Å²) >= 11 is 0. The largest absolute Gasteiger partial charge is 0.492 e. The van der Waals surface area contributed by atoms with Crippen molar-refractivity contribution < 1.29 is 9.53 Å². The molecule has 24 heavy (non-hydrogen) atoms. The molecule has 1 aliphatic carbocycles. The Morgan fingerprint density at radius 2 is 1.96 bits per heavy atom. The molecular formula is C19H23N3O2. The van der Waals surface area contributed by atoms with Crippen LogP contribution in [0.5, 0.6) is 5.75 Å². The number of carbonyl (C=O) groups excluding carboxylic acids is 1. The maximum absolute atomic E-state index is 11.7. The number of aryl methyl sites for hydroxylation is 2. The van der Waals surface area contributed by atoms with Gasteiger partial charge in [-0.15, -0.1) is 0 Å². The molecule has 3 rings (SSSR count). The van der Waals surface area contributed by atoms with Crippen LogP contribution in [0.4, 0.5) is 4.79 Å². The summed E-state index contributed by atoms with van der Waals surface area (Å²) in [5.74, 6) is 0.881. The van der Waals surface area contributed by atoms with E-state index in [0.29, 0.717) is 19.7 Å². The van der Waals surface area contributed by atoms with Gasteiger partial charge in [-0.25, -0.2) is 4.79 Å². The molecule has 0 saturated heterocycles. The Bertz CT molecular complexity index is 674. The Hall–Kier alpha value is -2.56. The minimum Gasteiger partial charge on any atom is -0.492 e. The first-order valence-electron chi connectivity index (χ1n) is 8.47. The molecule has 1 aromatic carbocycles. The highest BCUT2D eigenvalue weighted by molar-refractivity contribution is 5.73. The zero-order chi connectivity index (χ0) is 16.6. The number of urea groups is 1.